The summed E-state index contributed by atoms with van der Waals surface area (Å²) in [4.78, 5) is 35.9. The summed E-state index contributed by atoms with van der Waals surface area (Å²) < 4.78 is 1.49. The average Bonchev–Trinajstić information content (AvgIpc) is 3.46. The zero-order valence-corrected chi connectivity index (χ0v) is 19.9. The highest BCUT2D eigenvalue weighted by Gasteiger charge is 2.25. The molecule has 174 valence electrons. The molecule has 1 fully saturated rings. The SMILES string of the molecule is CN[C@@H]1CCN(c2nc3cc(CCc4nc(C(C)C)cs4)ccn3c(=O)c2/C=C/C(=O)O)C1. The number of anilines is 1. The molecular weight excluding hydrogens is 438 g/mol. The van der Waals surface area contributed by atoms with E-state index in [-0.39, 0.29) is 5.56 Å². The standard InChI is InChI=1S/C24H29N5O3S/c1-15(2)19-14-33-21(26-19)6-4-16-8-11-29-20(12-16)27-23(28-10-9-17(13-28)25-3)18(24(29)32)5-7-22(30)31/h5,7-8,11-12,14-15,17,25H,4,6,9-10,13H2,1-3H3,(H,30,31)/b7-5+/t17-/m1/s1. The minimum atomic E-state index is -1.10. The molecule has 1 saturated heterocycles. The highest BCUT2D eigenvalue weighted by Crippen LogP contribution is 2.23. The van der Waals surface area contributed by atoms with Crippen LogP contribution in [0.5, 0.6) is 0 Å². The molecule has 0 spiro atoms. The van der Waals surface area contributed by atoms with Crippen LogP contribution in [0.3, 0.4) is 0 Å². The number of carbonyl (C=O) groups is 1. The van der Waals surface area contributed by atoms with Gasteiger partial charge in [0.1, 0.15) is 11.5 Å². The van der Waals surface area contributed by atoms with Crippen molar-refractivity contribution in [3.8, 4) is 0 Å². The topological polar surface area (TPSA) is 99.8 Å². The van der Waals surface area contributed by atoms with Crippen molar-refractivity contribution >= 4 is 34.8 Å². The maximum atomic E-state index is 13.3. The number of nitrogens with zero attached hydrogens (tertiary/aromatic N) is 4. The van der Waals surface area contributed by atoms with E-state index in [2.05, 4.69) is 29.4 Å². The number of fused-ring (bicyclic) bond motifs is 1. The van der Waals surface area contributed by atoms with E-state index >= 15 is 0 Å². The lowest BCUT2D eigenvalue weighted by molar-refractivity contribution is -0.131. The van der Waals surface area contributed by atoms with Gasteiger partial charge in [-0.05, 0) is 49.6 Å². The third-order valence-electron chi connectivity index (χ3n) is 5.99. The molecule has 0 bridgehead atoms. The number of aliphatic carboxylic acids is 1. The Hall–Kier alpha value is -3.04. The fourth-order valence-corrected chi connectivity index (χ4v) is 4.98. The van der Waals surface area contributed by atoms with E-state index in [0.29, 0.717) is 29.0 Å². The van der Waals surface area contributed by atoms with Crippen molar-refractivity contribution in [3.05, 3.63) is 62.0 Å². The van der Waals surface area contributed by atoms with Crippen molar-refractivity contribution in [2.24, 2.45) is 0 Å². The molecule has 8 nitrogen and oxygen atoms in total. The van der Waals surface area contributed by atoms with Crippen LogP contribution in [-0.4, -0.2) is 51.6 Å². The third-order valence-corrected chi connectivity index (χ3v) is 6.91. The van der Waals surface area contributed by atoms with Crippen molar-refractivity contribution in [2.45, 2.75) is 45.1 Å². The average molecular weight is 468 g/mol. The molecule has 3 aromatic heterocycles. The van der Waals surface area contributed by atoms with Crippen molar-refractivity contribution in [1.29, 1.82) is 0 Å². The largest absolute Gasteiger partial charge is 0.478 e. The minimum absolute atomic E-state index is 0.270. The second-order valence-electron chi connectivity index (χ2n) is 8.63. The van der Waals surface area contributed by atoms with E-state index in [1.54, 1.807) is 17.5 Å². The number of thiazole rings is 1. The van der Waals surface area contributed by atoms with Gasteiger partial charge in [0.15, 0.2) is 0 Å². The fraction of sp³-hybridized carbons (Fsp3) is 0.417. The smallest absolute Gasteiger partial charge is 0.328 e. The minimum Gasteiger partial charge on any atom is -0.478 e. The summed E-state index contributed by atoms with van der Waals surface area (Å²) in [6.07, 6.45) is 6.65. The maximum Gasteiger partial charge on any atom is 0.328 e. The van der Waals surface area contributed by atoms with Crippen LogP contribution in [0, 0.1) is 0 Å². The lowest BCUT2D eigenvalue weighted by atomic mass is 10.1. The molecule has 1 aliphatic heterocycles. The number of carboxylic acids is 1. The van der Waals surface area contributed by atoms with Crippen LogP contribution >= 0.6 is 11.3 Å². The first-order chi connectivity index (χ1) is 15.9. The van der Waals surface area contributed by atoms with Crippen molar-refractivity contribution in [2.75, 3.05) is 25.0 Å². The van der Waals surface area contributed by atoms with Crippen LogP contribution < -0.4 is 15.8 Å². The Bertz CT molecular complexity index is 1250. The Labute approximate surface area is 196 Å². The molecule has 4 rings (SSSR count). The number of carboxylic acid groups (broad SMARTS) is 1. The highest BCUT2D eigenvalue weighted by molar-refractivity contribution is 7.09. The van der Waals surface area contributed by atoms with Gasteiger partial charge in [-0.1, -0.05) is 13.8 Å². The van der Waals surface area contributed by atoms with Crippen LogP contribution in [0.1, 0.15) is 48.0 Å². The molecule has 0 unspecified atom stereocenters. The summed E-state index contributed by atoms with van der Waals surface area (Å²) in [5, 5.41) is 15.6. The summed E-state index contributed by atoms with van der Waals surface area (Å²) in [6.45, 7) is 5.75. The van der Waals surface area contributed by atoms with E-state index in [4.69, 9.17) is 15.1 Å². The second-order valence-corrected chi connectivity index (χ2v) is 9.57. The zero-order chi connectivity index (χ0) is 23.5. The van der Waals surface area contributed by atoms with Gasteiger partial charge in [-0.15, -0.1) is 11.3 Å². The maximum absolute atomic E-state index is 13.3. The first-order valence-corrected chi connectivity index (χ1v) is 12.1. The quantitative estimate of drug-likeness (QED) is 0.491. The number of pyridine rings is 1. The van der Waals surface area contributed by atoms with Gasteiger partial charge in [0.05, 0.1) is 16.3 Å². The zero-order valence-electron chi connectivity index (χ0n) is 19.1. The van der Waals surface area contributed by atoms with Crippen LogP contribution in [0.4, 0.5) is 5.82 Å². The van der Waals surface area contributed by atoms with E-state index in [9.17, 15) is 9.59 Å². The Kier molecular flexibility index (Phi) is 6.90. The number of likely N-dealkylation sites (N-methyl/N-ethyl adjacent to an activating group) is 1. The van der Waals surface area contributed by atoms with E-state index in [1.807, 2.05) is 19.2 Å². The number of aromatic nitrogens is 3. The summed E-state index contributed by atoms with van der Waals surface area (Å²) in [6, 6.07) is 4.17. The molecule has 2 N–H and O–H groups in total. The Balaban J connectivity index is 1.67. The van der Waals surface area contributed by atoms with Gasteiger partial charge in [0.2, 0.25) is 0 Å². The lowest BCUT2D eigenvalue weighted by Crippen LogP contribution is -2.32. The highest BCUT2D eigenvalue weighted by atomic mass is 32.1. The van der Waals surface area contributed by atoms with Gasteiger partial charge >= 0.3 is 5.97 Å². The second kappa shape index (κ2) is 9.84. The molecular formula is C24H29N5O3S. The fourth-order valence-electron chi connectivity index (χ4n) is 4.02. The molecule has 0 aliphatic carbocycles. The molecule has 9 heteroatoms. The van der Waals surface area contributed by atoms with Gasteiger partial charge in [-0.25, -0.2) is 14.8 Å². The third kappa shape index (κ3) is 5.15. The summed E-state index contributed by atoms with van der Waals surface area (Å²) >= 11 is 1.68. The molecule has 4 heterocycles. The molecule has 0 amide bonds. The van der Waals surface area contributed by atoms with Crippen molar-refractivity contribution in [1.82, 2.24) is 19.7 Å². The molecule has 0 saturated carbocycles. The summed E-state index contributed by atoms with van der Waals surface area (Å²) in [5.74, 6) is -0.144. The molecule has 0 aromatic carbocycles. The molecule has 33 heavy (non-hydrogen) atoms. The predicted octanol–water partition coefficient (Wildman–Crippen LogP) is 2.96. The van der Waals surface area contributed by atoms with Gasteiger partial charge in [-0.2, -0.15) is 0 Å². The van der Waals surface area contributed by atoms with Crippen LogP contribution in [0.25, 0.3) is 11.7 Å². The monoisotopic (exact) mass is 467 g/mol. The van der Waals surface area contributed by atoms with Crippen molar-refractivity contribution < 1.29 is 9.90 Å². The number of nitrogens with one attached hydrogen (secondary N) is 1. The van der Waals surface area contributed by atoms with Crippen LogP contribution in [0.2, 0.25) is 0 Å². The van der Waals surface area contributed by atoms with Crippen LogP contribution in [-0.2, 0) is 17.6 Å². The van der Waals surface area contributed by atoms with Gasteiger partial charge in [0.25, 0.3) is 5.56 Å². The van der Waals surface area contributed by atoms with Gasteiger partial charge in [0, 0.05) is 43.2 Å². The van der Waals surface area contributed by atoms with E-state index in [1.165, 1.54) is 10.5 Å². The molecule has 3 aromatic rings. The predicted molar refractivity (Wildman–Crippen MR) is 131 cm³/mol. The number of aryl methyl sites for hydroxylation is 2. The normalized spacial score (nSPS) is 16.5. The number of hydrogen-bond acceptors (Lipinski definition) is 7. The summed E-state index contributed by atoms with van der Waals surface area (Å²) in [7, 11) is 1.92. The Morgan fingerprint density at radius 3 is 2.85 bits per heavy atom. The van der Waals surface area contributed by atoms with Crippen LogP contribution in [0.15, 0.2) is 34.6 Å². The van der Waals surface area contributed by atoms with E-state index in [0.717, 1.165) is 54.7 Å². The van der Waals surface area contributed by atoms with Gasteiger partial charge < -0.3 is 15.3 Å². The Morgan fingerprint density at radius 1 is 1.36 bits per heavy atom. The first-order valence-electron chi connectivity index (χ1n) is 11.2. The molecule has 1 aliphatic rings. The molecule has 1 atom stereocenters. The molecule has 0 radical (unpaired) electrons. The number of hydrogen-bond donors (Lipinski definition) is 2. The van der Waals surface area contributed by atoms with Gasteiger partial charge in [-0.3, -0.25) is 9.20 Å². The first kappa shape index (κ1) is 23.1. The van der Waals surface area contributed by atoms with E-state index < -0.39 is 5.97 Å². The lowest BCUT2D eigenvalue weighted by Gasteiger charge is -2.20. The number of rotatable bonds is 8. The summed E-state index contributed by atoms with van der Waals surface area (Å²) in [5.41, 5.74) is 2.79. The Morgan fingerprint density at radius 2 is 2.18 bits per heavy atom. The van der Waals surface area contributed by atoms with Crippen molar-refractivity contribution in [3.63, 3.8) is 0 Å².